The molecule has 0 bridgehead atoms. The number of nitrogens with two attached hydrogens (primary N) is 1. The van der Waals surface area contributed by atoms with Crippen LogP contribution in [0.1, 0.15) is 6.42 Å². The second-order valence-corrected chi connectivity index (χ2v) is 3.98. The van der Waals surface area contributed by atoms with E-state index in [-0.39, 0.29) is 24.3 Å². The molecule has 1 aliphatic heterocycles. The molecule has 0 aliphatic carbocycles. The van der Waals surface area contributed by atoms with Gasteiger partial charge in [-0.3, -0.25) is 14.9 Å². The molecule has 0 saturated carbocycles. The van der Waals surface area contributed by atoms with Gasteiger partial charge in [-0.15, -0.1) is 0 Å². The van der Waals surface area contributed by atoms with Crippen molar-refractivity contribution in [2.45, 2.75) is 12.5 Å². The molecule has 3 N–H and O–H groups in total. The lowest BCUT2D eigenvalue weighted by molar-refractivity contribution is -0.387. The standard InChI is InChI=1S/C10H10FN3O4/c11-6-2-7(12)9(3-8(6)14(17)18)13-4-5(15)1-10(13)16/h2-3,5,15H,1,4,12H2. The van der Waals surface area contributed by atoms with Crippen LogP contribution in [0.5, 0.6) is 0 Å². The maximum absolute atomic E-state index is 13.3. The van der Waals surface area contributed by atoms with Crippen molar-refractivity contribution in [3.8, 4) is 0 Å². The lowest BCUT2D eigenvalue weighted by Gasteiger charge is -2.17. The second kappa shape index (κ2) is 4.22. The molecule has 0 aromatic heterocycles. The minimum Gasteiger partial charge on any atom is -0.397 e. The van der Waals surface area contributed by atoms with Crippen molar-refractivity contribution < 1.29 is 19.2 Å². The fourth-order valence-corrected chi connectivity index (χ4v) is 1.86. The van der Waals surface area contributed by atoms with Crippen molar-refractivity contribution in [3.05, 3.63) is 28.1 Å². The summed E-state index contributed by atoms with van der Waals surface area (Å²) in [5.74, 6) is -1.47. The van der Waals surface area contributed by atoms with Gasteiger partial charge in [-0.05, 0) is 0 Å². The van der Waals surface area contributed by atoms with Gasteiger partial charge in [0, 0.05) is 12.1 Å². The number of amides is 1. The summed E-state index contributed by atoms with van der Waals surface area (Å²) in [7, 11) is 0. The van der Waals surface area contributed by atoms with Gasteiger partial charge in [-0.25, -0.2) is 0 Å². The van der Waals surface area contributed by atoms with E-state index in [4.69, 9.17) is 5.73 Å². The largest absolute Gasteiger partial charge is 0.397 e. The molecule has 18 heavy (non-hydrogen) atoms. The van der Waals surface area contributed by atoms with Crippen LogP contribution in [0.2, 0.25) is 0 Å². The van der Waals surface area contributed by atoms with E-state index < -0.39 is 28.4 Å². The topological polar surface area (TPSA) is 110 Å². The van der Waals surface area contributed by atoms with Crippen LogP contribution in [0.25, 0.3) is 0 Å². The lowest BCUT2D eigenvalue weighted by Crippen LogP contribution is -2.26. The fraction of sp³-hybridized carbons (Fsp3) is 0.300. The van der Waals surface area contributed by atoms with E-state index in [0.29, 0.717) is 0 Å². The third-order valence-corrected chi connectivity index (χ3v) is 2.69. The maximum atomic E-state index is 13.3. The van der Waals surface area contributed by atoms with E-state index >= 15 is 0 Å². The van der Waals surface area contributed by atoms with Crippen molar-refractivity contribution in [1.29, 1.82) is 0 Å². The molecule has 8 heteroatoms. The summed E-state index contributed by atoms with van der Waals surface area (Å²) in [5, 5.41) is 20.0. The molecule has 1 unspecified atom stereocenters. The van der Waals surface area contributed by atoms with Crippen molar-refractivity contribution in [1.82, 2.24) is 0 Å². The molecule has 7 nitrogen and oxygen atoms in total. The van der Waals surface area contributed by atoms with E-state index in [1.54, 1.807) is 0 Å². The van der Waals surface area contributed by atoms with E-state index in [1.165, 1.54) is 0 Å². The number of hydrogen-bond acceptors (Lipinski definition) is 5. The summed E-state index contributed by atoms with van der Waals surface area (Å²) < 4.78 is 13.3. The summed E-state index contributed by atoms with van der Waals surface area (Å²) in [6.07, 6.45) is -0.925. The third-order valence-electron chi connectivity index (χ3n) is 2.69. The van der Waals surface area contributed by atoms with E-state index in [9.17, 15) is 24.4 Å². The van der Waals surface area contributed by atoms with Gasteiger partial charge in [0.25, 0.3) is 0 Å². The minimum absolute atomic E-state index is 0.00812. The van der Waals surface area contributed by atoms with E-state index in [2.05, 4.69) is 0 Å². The first-order valence-corrected chi connectivity index (χ1v) is 5.12. The van der Waals surface area contributed by atoms with Gasteiger partial charge in [0.2, 0.25) is 11.7 Å². The van der Waals surface area contributed by atoms with Crippen molar-refractivity contribution in [2.75, 3.05) is 17.2 Å². The van der Waals surface area contributed by atoms with E-state index in [1.807, 2.05) is 0 Å². The second-order valence-electron chi connectivity index (χ2n) is 3.98. The number of benzene rings is 1. The van der Waals surface area contributed by atoms with Gasteiger partial charge >= 0.3 is 5.69 Å². The zero-order chi connectivity index (χ0) is 13.4. The molecule has 1 heterocycles. The number of anilines is 2. The van der Waals surface area contributed by atoms with Crippen LogP contribution in [0.4, 0.5) is 21.5 Å². The van der Waals surface area contributed by atoms with Gasteiger partial charge in [0.05, 0.1) is 35.4 Å². The molecule has 1 fully saturated rings. The Morgan fingerprint density at radius 3 is 2.72 bits per heavy atom. The Hall–Kier alpha value is -2.22. The van der Waals surface area contributed by atoms with Crippen molar-refractivity contribution in [3.63, 3.8) is 0 Å². The number of nitro groups is 1. The Balaban J connectivity index is 2.48. The monoisotopic (exact) mass is 255 g/mol. The summed E-state index contributed by atoms with van der Waals surface area (Å²) in [6, 6.07) is 1.70. The first-order chi connectivity index (χ1) is 8.40. The van der Waals surface area contributed by atoms with Crippen LogP contribution in [0.15, 0.2) is 12.1 Å². The highest BCUT2D eigenvalue weighted by atomic mass is 19.1. The number of carbonyl (C=O) groups excluding carboxylic acids is 1. The molecule has 0 spiro atoms. The Labute approximate surface area is 101 Å². The Morgan fingerprint density at radius 1 is 1.56 bits per heavy atom. The molecule has 1 aromatic rings. The SMILES string of the molecule is Nc1cc(F)c([N+](=O)[O-])cc1N1CC(O)CC1=O. The quantitative estimate of drug-likeness (QED) is 0.452. The van der Waals surface area contributed by atoms with E-state index in [0.717, 1.165) is 17.0 Å². The number of carbonyl (C=O) groups is 1. The number of aliphatic hydroxyl groups excluding tert-OH is 1. The summed E-state index contributed by atoms with van der Waals surface area (Å²) in [6.45, 7) is -0.00812. The van der Waals surface area contributed by atoms with Gasteiger partial charge in [0.1, 0.15) is 0 Å². The molecule has 1 amide bonds. The van der Waals surface area contributed by atoms with Crippen LogP contribution < -0.4 is 10.6 Å². The van der Waals surface area contributed by atoms with Crippen LogP contribution >= 0.6 is 0 Å². The van der Waals surface area contributed by atoms with Crippen molar-refractivity contribution in [2.24, 2.45) is 0 Å². The Morgan fingerprint density at radius 2 is 2.22 bits per heavy atom. The molecule has 0 radical (unpaired) electrons. The predicted octanol–water partition coefficient (Wildman–Crippen LogP) is 0.414. The zero-order valence-corrected chi connectivity index (χ0v) is 9.17. The predicted molar refractivity (Wildman–Crippen MR) is 60.4 cm³/mol. The summed E-state index contributed by atoms with van der Waals surface area (Å²) in [4.78, 5) is 22.4. The number of nitrogens with zero attached hydrogens (tertiary/aromatic N) is 2. The zero-order valence-electron chi connectivity index (χ0n) is 9.17. The average molecular weight is 255 g/mol. The first-order valence-electron chi connectivity index (χ1n) is 5.12. The fourth-order valence-electron chi connectivity index (χ4n) is 1.86. The number of β-amino-alcohol motifs (C(OH)–C–C–N with tert-alkyl or cyclic N) is 1. The van der Waals surface area contributed by atoms with Crippen LogP contribution in [-0.4, -0.2) is 28.6 Å². The van der Waals surface area contributed by atoms with Gasteiger partial charge in [0.15, 0.2) is 0 Å². The molecule has 1 saturated heterocycles. The van der Waals surface area contributed by atoms with Gasteiger partial charge < -0.3 is 15.7 Å². The Kier molecular flexibility index (Phi) is 2.87. The molecular formula is C10H10FN3O4. The maximum Gasteiger partial charge on any atom is 0.307 e. The normalized spacial score (nSPS) is 19.3. The van der Waals surface area contributed by atoms with Gasteiger partial charge in [-0.2, -0.15) is 4.39 Å². The molecule has 96 valence electrons. The number of nitrogen functional groups attached to an aromatic ring is 1. The van der Waals surface area contributed by atoms with Gasteiger partial charge in [-0.1, -0.05) is 0 Å². The molecule has 1 aromatic carbocycles. The highest BCUT2D eigenvalue weighted by molar-refractivity contribution is 5.99. The lowest BCUT2D eigenvalue weighted by atomic mass is 10.2. The molecular weight excluding hydrogens is 245 g/mol. The van der Waals surface area contributed by atoms with Crippen LogP contribution in [-0.2, 0) is 4.79 Å². The highest BCUT2D eigenvalue weighted by Gasteiger charge is 2.32. The summed E-state index contributed by atoms with van der Waals surface area (Å²) >= 11 is 0. The number of rotatable bonds is 2. The molecule has 1 atom stereocenters. The molecule has 1 aliphatic rings. The third kappa shape index (κ3) is 1.97. The minimum atomic E-state index is -1.06. The average Bonchev–Trinajstić information content (AvgIpc) is 2.57. The smallest absolute Gasteiger partial charge is 0.307 e. The highest BCUT2D eigenvalue weighted by Crippen LogP contribution is 2.33. The first kappa shape index (κ1) is 12.2. The number of halogens is 1. The van der Waals surface area contributed by atoms with Crippen LogP contribution in [0.3, 0.4) is 0 Å². The van der Waals surface area contributed by atoms with Crippen LogP contribution in [0, 0.1) is 15.9 Å². The number of aliphatic hydroxyl groups is 1. The number of nitro benzene ring substituents is 1. The number of hydrogen-bond donors (Lipinski definition) is 2. The van der Waals surface area contributed by atoms with Crippen molar-refractivity contribution >= 4 is 23.0 Å². The Bertz CT molecular complexity index is 534. The molecule has 2 rings (SSSR count). The summed E-state index contributed by atoms with van der Waals surface area (Å²) in [5.41, 5.74) is 4.75.